The minimum Gasteiger partial charge on any atom is -1.00 e. The molecular formula is C13H19ClN2O. The van der Waals surface area contributed by atoms with Gasteiger partial charge in [-0.15, -0.1) is 0 Å². The van der Waals surface area contributed by atoms with E-state index in [0.717, 1.165) is 11.3 Å². The van der Waals surface area contributed by atoms with Crippen molar-refractivity contribution in [2.24, 2.45) is 0 Å². The van der Waals surface area contributed by atoms with E-state index in [4.69, 9.17) is 4.74 Å². The first kappa shape index (κ1) is 13.9. The molecule has 4 N–H and O–H groups in total. The lowest BCUT2D eigenvalue weighted by atomic mass is 9.94. The van der Waals surface area contributed by atoms with Gasteiger partial charge in [-0.05, 0) is 30.7 Å². The van der Waals surface area contributed by atoms with E-state index in [-0.39, 0.29) is 12.4 Å². The monoisotopic (exact) mass is 254 g/mol. The molecule has 0 aliphatic rings. The molecule has 0 aliphatic carbocycles. The summed E-state index contributed by atoms with van der Waals surface area (Å²) in [6, 6.07) is 6.50. The molecule has 2 rings (SSSR count). The molecule has 2 unspecified atom stereocenters. The molecular weight excluding hydrogens is 236 g/mol. The third kappa shape index (κ3) is 2.56. The summed E-state index contributed by atoms with van der Waals surface area (Å²) in [5.74, 6) is 1.35. The number of nitrogens with one attached hydrogen (secondary N) is 1. The first-order valence-corrected chi connectivity index (χ1v) is 5.61. The molecule has 1 aromatic carbocycles. The van der Waals surface area contributed by atoms with Crippen molar-refractivity contribution in [2.45, 2.75) is 25.8 Å². The molecule has 2 aromatic rings. The molecule has 4 heteroatoms. The van der Waals surface area contributed by atoms with E-state index in [2.05, 4.69) is 42.9 Å². The molecule has 94 valence electrons. The molecule has 3 nitrogen and oxygen atoms in total. The summed E-state index contributed by atoms with van der Waals surface area (Å²) in [5, 5.41) is 1.24. The Kier molecular flexibility index (Phi) is 4.43. The molecule has 0 saturated carbocycles. The van der Waals surface area contributed by atoms with Crippen molar-refractivity contribution in [3.8, 4) is 5.75 Å². The lowest BCUT2D eigenvalue weighted by Gasteiger charge is -2.12. The van der Waals surface area contributed by atoms with Gasteiger partial charge in [-0.1, -0.05) is 6.92 Å². The first-order valence-electron chi connectivity index (χ1n) is 5.61. The van der Waals surface area contributed by atoms with Gasteiger partial charge in [0.15, 0.2) is 0 Å². The fourth-order valence-electron chi connectivity index (χ4n) is 1.93. The van der Waals surface area contributed by atoms with Crippen molar-refractivity contribution in [2.75, 3.05) is 7.11 Å². The Hall–Kier alpha value is -1.19. The van der Waals surface area contributed by atoms with Crippen LogP contribution >= 0.6 is 0 Å². The minimum absolute atomic E-state index is 0. The number of hydrogen-bond acceptors (Lipinski definition) is 1. The molecule has 0 aliphatic heterocycles. The molecule has 1 aromatic heterocycles. The van der Waals surface area contributed by atoms with Gasteiger partial charge in [-0.2, -0.15) is 0 Å². The van der Waals surface area contributed by atoms with E-state index >= 15 is 0 Å². The van der Waals surface area contributed by atoms with Crippen LogP contribution in [0.3, 0.4) is 0 Å². The molecule has 0 saturated heterocycles. The molecule has 0 fully saturated rings. The summed E-state index contributed by atoms with van der Waals surface area (Å²) >= 11 is 0. The standard InChI is InChI=1S/C13H18N2O.ClH/c1-8(9(2)14)12-7-15-13-5-4-10(16-3)6-11(12)13;/h4-9,15H,14H2,1-3H3;1H. The predicted molar refractivity (Wildman–Crippen MR) is 65.6 cm³/mol. The highest BCUT2D eigenvalue weighted by molar-refractivity contribution is 5.85. The largest absolute Gasteiger partial charge is 1.00 e. The Morgan fingerprint density at radius 3 is 2.59 bits per heavy atom. The van der Waals surface area contributed by atoms with Crippen LogP contribution in [0, 0.1) is 0 Å². The zero-order valence-corrected chi connectivity index (χ0v) is 11.2. The Balaban J connectivity index is 0.00000144. The predicted octanol–water partition coefficient (Wildman–Crippen LogP) is -1.09. The number of halogens is 1. The van der Waals surface area contributed by atoms with Gasteiger partial charge >= 0.3 is 0 Å². The number of methoxy groups -OCH3 is 1. The van der Waals surface area contributed by atoms with Gasteiger partial charge in [-0.3, -0.25) is 0 Å². The topological polar surface area (TPSA) is 52.7 Å². The number of aromatic nitrogens is 1. The highest BCUT2D eigenvalue weighted by Gasteiger charge is 2.17. The number of aromatic amines is 1. The second-order valence-corrected chi connectivity index (χ2v) is 4.42. The van der Waals surface area contributed by atoms with E-state index in [0.29, 0.717) is 12.0 Å². The van der Waals surface area contributed by atoms with E-state index in [9.17, 15) is 0 Å². The van der Waals surface area contributed by atoms with Crippen molar-refractivity contribution in [3.63, 3.8) is 0 Å². The normalized spacial score (nSPS) is 14.1. The number of benzene rings is 1. The fourth-order valence-corrected chi connectivity index (χ4v) is 1.93. The fraction of sp³-hybridized carbons (Fsp3) is 0.385. The van der Waals surface area contributed by atoms with Crippen molar-refractivity contribution in [3.05, 3.63) is 30.0 Å². The third-order valence-electron chi connectivity index (χ3n) is 3.27. The smallest absolute Gasteiger partial charge is 0.119 e. The number of rotatable bonds is 3. The number of H-pyrrole nitrogens is 1. The summed E-state index contributed by atoms with van der Waals surface area (Å²) in [6.45, 7) is 4.35. The molecule has 0 amide bonds. The Labute approximate surface area is 108 Å². The van der Waals surface area contributed by atoms with Crippen LogP contribution in [0.5, 0.6) is 5.75 Å². The summed E-state index contributed by atoms with van der Waals surface area (Å²) in [5.41, 5.74) is 6.57. The van der Waals surface area contributed by atoms with Gasteiger partial charge in [0.25, 0.3) is 0 Å². The maximum atomic E-state index is 5.26. The van der Waals surface area contributed by atoms with Crippen LogP contribution in [-0.2, 0) is 0 Å². The van der Waals surface area contributed by atoms with Crippen LogP contribution < -0.4 is 22.9 Å². The van der Waals surface area contributed by atoms with Crippen LogP contribution in [0.15, 0.2) is 24.4 Å². The van der Waals surface area contributed by atoms with E-state index in [1.165, 1.54) is 10.9 Å². The molecule has 0 bridgehead atoms. The number of hydrogen-bond donors (Lipinski definition) is 2. The van der Waals surface area contributed by atoms with Gasteiger partial charge < -0.3 is 27.9 Å². The number of quaternary nitrogens is 1. The highest BCUT2D eigenvalue weighted by atomic mass is 35.5. The van der Waals surface area contributed by atoms with Gasteiger partial charge in [0, 0.05) is 23.0 Å². The summed E-state index contributed by atoms with van der Waals surface area (Å²) in [4.78, 5) is 3.29. The van der Waals surface area contributed by atoms with Crippen LogP contribution in [-0.4, -0.2) is 18.1 Å². The summed E-state index contributed by atoms with van der Waals surface area (Å²) < 4.78 is 5.26. The second-order valence-electron chi connectivity index (χ2n) is 4.42. The average Bonchev–Trinajstić information content (AvgIpc) is 2.70. The third-order valence-corrected chi connectivity index (χ3v) is 3.27. The molecule has 1 heterocycles. The maximum Gasteiger partial charge on any atom is 0.119 e. The van der Waals surface area contributed by atoms with Crippen LogP contribution in [0.2, 0.25) is 0 Å². The molecule has 17 heavy (non-hydrogen) atoms. The van der Waals surface area contributed by atoms with Gasteiger partial charge in [0.1, 0.15) is 5.75 Å². The zero-order chi connectivity index (χ0) is 11.7. The Morgan fingerprint density at radius 1 is 1.29 bits per heavy atom. The zero-order valence-electron chi connectivity index (χ0n) is 10.5. The van der Waals surface area contributed by atoms with Crippen molar-refractivity contribution < 1.29 is 22.9 Å². The van der Waals surface area contributed by atoms with Crippen molar-refractivity contribution >= 4 is 10.9 Å². The number of ether oxygens (including phenoxy) is 1. The van der Waals surface area contributed by atoms with Crippen LogP contribution in [0.1, 0.15) is 25.3 Å². The van der Waals surface area contributed by atoms with E-state index in [1.807, 2.05) is 6.07 Å². The SMILES string of the molecule is COc1ccc2[nH]cc(C(C)C(C)[NH3+])c2c1.[Cl-]. The van der Waals surface area contributed by atoms with Gasteiger partial charge in [0.2, 0.25) is 0 Å². The molecule has 2 atom stereocenters. The van der Waals surface area contributed by atoms with Crippen molar-refractivity contribution in [1.29, 1.82) is 0 Å². The van der Waals surface area contributed by atoms with Gasteiger partial charge in [-0.25, -0.2) is 0 Å². The Morgan fingerprint density at radius 2 is 2.00 bits per heavy atom. The maximum absolute atomic E-state index is 5.26. The first-order chi connectivity index (χ1) is 7.63. The summed E-state index contributed by atoms with van der Waals surface area (Å²) in [6.07, 6.45) is 2.08. The van der Waals surface area contributed by atoms with E-state index < -0.39 is 0 Å². The quantitative estimate of drug-likeness (QED) is 0.719. The van der Waals surface area contributed by atoms with Crippen molar-refractivity contribution in [1.82, 2.24) is 4.98 Å². The highest BCUT2D eigenvalue weighted by Crippen LogP contribution is 2.29. The second kappa shape index (κ2) is 5.43. The Bertz CT molecular complexity index is 493. The molecule has 0 radical (unpaired) electrons. The lowest BCUT2D eigenvalue weighted by Crippen LogP contribution is -3.00. The number of fused-ring (bicyclic) bond motifs is 1. The average molecular weight is 255 g/mol. The van der Waals surface area contributed by atoms with Crippen LogP contribution in [0.4, 0.5) is 0 Å². The lowest BCUT2D eigenvalue weighted by molar-refractivity contribution is -0.418. The van der Waals surface area contributed by atoms with Crippen LogP contribution in [0.25, 0.3) is 10.9 Å². The van der Waals surface area contributed by atoms with E-state index in [1.54, 1.807) is 7.11 Å². The summed E-state index contributed by atoms with van der Waals surface area (Å²) in [7, 11) is 1.70. The minimum atomic E-state index is 0. The molecule has 0 spiro atoms. The van der Waals surface area contributed by atoms with Gasteiger partial charge in [0.05, 0.1) is 13.2 Å².